The number of carbonyl (C=O) groups is 2. The van der Waals surface area contributed by atoms with Crippen molar-refractivity contribution < 1.29 is 14.3 Å². The van der Waals surface area contributed by atoms with Crippen LogP contribution in [0.5, 0.6) is 0 Å². The largest absolute Gasteiger partial charge is 0.378 e. The van der Waals surface area contributed by atoms with Crippen LogP contribution >= 0.6 is 23.2 Å². The van der Waals surface area contributed by atoms with E-state index in [4.69, 9.17) is 27.9 Å². The lowest BCUT2D eigenvalue weighted by Crippen LogP contribution is -2.40. The maximum absolute atomic E-state index is 12.5. The van der Waals surface area contributed by atoms with Crippen molar-refractivity contribution in [3.05, 3.63) is 58.1 Å². The van der Waals surface area contributed by atoms with Gasteiger partial charge in [0.1, 0.15) is 0 Å². The summed E-state index contributed by atoms with van der Waals surface area (Å²) in [6.45, 7) is 2.24. The Labute approximate surface area is 167 Å². The fraction of sp³-hybridized carbons (Fsp3) is 0.263. The molecule has 3 rings (SSSR count). The zero-order chi connectivity index (χ0) is 19.2. The van der Waals surface area contributed by atoms with E-state index in [1.807, 2.05) is 0 Å². The van der Waals surface area contributed by atoms with E-state index in [1.54, 1.807) is 47.4 Å². The first kappa shape index (κ1) is 19.5. The van der Waals surface area contributed by atoms with Crippen LogP contribution in [0.25, 0.3) is 0 Å². The van der Waals surface area contributed by atoms with E-state index in [0.717, 1.165) is 0 Å². The summed E-state index contributed by atoms with van der Waals surface area (Å²) in [5, 5.41) is 6.72. The number of ether oxygens (including phenoxy) is 1. The Bertz CT molecular complexity index is 839. The lowest BCUT2D eigenvalue weighted by molar-refractivity contribution is -0.114. The average molecular weight is 408 g/mol. The molecule has 2 aromatic rings. The van der Waals surface area contributed by atoms with Crippen molar-refractivity contribution in [3.63, 3.8) is 0 Å². The van der Waals surface area contributed by atoms with E-state index in [0.29, 0.717) is 53.3 Å². The van der Waals surface area contributed by atoms with Gasteiger partial charge in [0.2, 0.25) is 5.91 Å². The van der Waals surface area contributed by atoms with Crippen molar-refractivity contribution in [1.82, 2.24) is 4.90 Å². The molecule has 6 nitrogen and oxygen atoms in total. The van der Waals surface area contributed by atoms with Gasteiger partial charge in [0.15, 0.2) is 0 Å². The summed E-state index contributed by atoms with van der Waals surface area (Å²) in [7, 11) is 0. The molecule has 0 bridgehead atoms. The highest BCUT2D eigenvalue weighted by Crippen LogP contribution is 2.25. The van der Waals surface area contributed by atoms with Crippen molar-refractivity contribution in [2.24, 2.45) is 0 Å². The molecule has 2 aromatic carbocycles. The maximum atomic E-state index is 12.5. The first-order valence-electron chi connectivity index (χ1n) is 8.49. The molecule has 142 valence electrons. The molecule has 0 aliphatic carbocycles. The number of nitrogens with zero attached hydrogens (tertiary/aromatic N) is 1. The summed E-state index contributed by atoms with van der Waals surface area (Å²) in [5.41, 5.74) is 1.66. The van der Waals surface area contributed by atoms with E-state index >= 15 is 0 Å². The number of halogens is 2. The summed E-state index contributed by atoms with van der Waals surface area (Å²) in [6.07, 6.45) is 0. The van der Waals surface area contributed by atoms with Crippen molar-refractivity contribution in [2.75, 3.05) is 43.5 Å². The summed E-state index contributed by atoms with van der Waals surface area (Å²) in [6, 6.07) is 11.9. The molecule has 1 heterocycles. The van der Waals surface area contributed by atoms with Crippen LogP contribution in [0.3, 0.4) is 0 Å². The second kappa shape index (κ2) is 9.08. The van der Waals surface area contributed by atoms with Gasteiger partial charge >= 0.3 is 0 Å². The van der Waals surface area contributed by atoms with Gasteiger partial charge in [0.25, 0.3) is 5.91 Å². The Morgan fingerprint density at radius 2 is 1.85 bits per heavy atom. The average Bonchev–Trinajstić information content (AvgIpc) is 2.69. The number of carbonyl (C=O) groups excluding carboxylic acids is 2. The molecule has 0 aromatic heterocycles. The molecule has 2 amide bonds. The Morgan fingerprint density at radius 1 is 1.07 bits per heavy atom. The Balaban J connectivity index is 1.59. The molecule has 1 saturated heterocycles. The standard InChI is InChI=1S/C19H19Cl2N3O3/c20-14-4-5-16(21)17(11-14)22-12-18(25)23-15-3-1-2-13(10-15)19(26)24-6-8-27-9-7-24/h1-5,10-11,22H,6-9,12H2,(H,23,25). The van der Waals surface area contributed by atoms with E-state index in [2.05, 4.69) is 10.6 Å². The number of morpholine rings is 1. The van der Waals surface area contributed by atoms with Gasteiger partial charge in [-0.2, -0.15) is 0 Å². The summed E-state index contributed by atoms with van der Waals surface area (Å²) in [4.78, 5) is 26.5. The second-order valence-corrected chi connectivity index (χ2v) is 6.85. The molecule has 27 heavy (non-hydrogen) atoms. The van der Waals surface area contributed by atoms with Crippen LogP contribution in [0.2, 0.25) is 10.0 Å². The Kier molecular flexibility index (Phi) is 6.55. The van der Waals surface area contributed by atoms with Crippen LogP contribution < -0.4 is 10.6 Å². The van der Waals surface area contributed by atoms with Gasteiger partial charge in [-0.1, -0.05) is 29.3 Å². The zero-order valence-corrected chi connectivity index (χ0v) is 16.0. The summed E-state index contributed by atoms with van der Waals surface area (Å²) >= 11 is 12.0. The summed E-state index contributed by atoms with van der Waals surface area (Å²) in [5.74, 6) is -0.333. The van der Waals surface area contributed by atoms with E-state index in [-0.39, 0.29) is 18.4 Å². The maximum Gasteiger partial charge on any atom is 0.254 e. The van der Waals surface area contributed by atoms with Gasteiger partial charge in [0, 0.05) is 29.4 Å². The molecule has 8 heteroatoms. The van der Waals surface area contributed by atoms with Crippen molar-refractivity contribution in [3.8, 4) is 0 Å². The van der Waals surface area contributed by atoms with Gasteiger partial charge in [-0.3, -0.25) is 9.59 Å². The third kappa shape index (κ3) is 5.35. The van der Waals surface area contributed by atoms with E-state index < -0.39 is 0 Å². The molecule has 2 N–H and O–H groups in total. The van der Waals surface area contributed by atoms with Gasteiger partial charge < -0.3 is 20.3 Å². The second-order valence-electron chi connectivity index (χ2n) is 6.01. The minimum absolute atomic E-state index is 0.0156. The molecule has 1 aliphatic heterocycles. The van der Waals surface area contributed by atoms with Gasteiger partial charge in [0.05, 0.1) is 30.5 Å². The predicted octanol–water partition coefficient (Wildman–Crippen LogP) is 3.52. The number of nitrogens with one attached hydrogen (secondary N) is 2. The lowest BCUT2D eigenvalue weighted by Gasteiger charge is -2.27. The number of hydrogen-bond donors (Lipinski definition) is 2. The molecule has 0 unspecified atom stereocenters. The topological polar surface area (TPSA) is 70.7 Å². The minimum Gasteiger partial charge on any atom is -0.378 e. The molecule has 1 fully saturated rings. The molecular formula is C19H19Cl2N3O3. The highest BCUT2D eigenvalue weighted by molar-refractivity contribution is 6.35. The Morgan fingerprint density at radius 3 is 2.63 bits per heavy atom. The van der Waals surface area contributed by atoms with E-state index in [1.165, 1.54) is 0 Å². The van der Waals surface area contributed by atoms with Crippen LogP contribution in [0.15, 0.2) is 42.5 Å². The van der Waals surface area contributed by atoms with Crippen molar-refractivity contribution in [2.45, 2.75) is 0 Å². The fourth-order valence-corrected chi connectivity index (χ4v) is 3.05. The van der Waals surface area contributed by atoms with Crippen LogP contribution in [0.1, 0.15) is 10.4 Å². The number of anilines is 2. The normalized spacial score (nSPS) is 13.9. The molecular weight excluding hydrogens is 389 g/mol. The van der Waals surface area contributed by atoms with Crippen molar-refractivity contribution in [1.29, 1.82) is 0 Å². The quantitative estimate of drug-likeness (QED) is 0.795. The monoisotopic (exact) mass is 407 g/mol. The molecule has 0 spiro atoms. The van der Waals surface area contributed by atoms with Crippen LogP contribution in [0.4, 0.5) is 11.4 Å². The SMILES string of the molecule is O=C(CNc1cc(Cl)ccc1Cl)Nc1cccc(C(=O)N2CCOCC2)c1. The van der Waals surface area contributed by atoms with E-state index in [9.17, 15) is 9.59 Å². The Hall–Kier alpha value is -2.28. The van der Waals surface area contributed by atoms with Crippen LogP contribution in [-0.4, -0.2) is 49.6 Å². The number of hydrogen-bond acceptors (Lipinski definition) is 4. The van der Waals surface area contributed by atoms with Crippen LogP contribution in [0, 0.1) is 0 Å². The van der Waals surface area contributed by atoms with Gasteiger partial charge in [-0.15, -0.1) is 0 Å². The van der Waals surface area contributed by atoms with Crippen LogP contribution in [-0.2, 0) is 9.53 Å². The molecule has 0 atom stereocenters. The highest BCUT2D eigenvalue weighted by atomic mass is 35.5. The smallest absolute Gasteiger partial charge is 0.254 e. The number of amides is 2. The highest BCUT2D eigenvalue weighted by Gasteiger charge is 2.18. The summed E-state index contributed by atoms with van der Waals surface area (Å²) < 4.78 is 5.27. The zero-order valence-electron chi connectivity index (χ0n) is 14.5. The van der Waals surface area contributed by atoms with Gasteiger partial charge in [-0.25, -0.2) is 0 Å². The minimum atomic E-state index is -0.262. The lowest BCUT2D eigenvalue weighted by atomic mass is 10.1. The third-order valence-corrected chi connectivity index (χ3v) is 4.62. The number of benzene rings is 2. The van der Waals surface area contributed by atoms with Gasteiger partial charge in [-0.05, 0) is 36.4 Å². The molecule has 0 saturated carbocycles. The first-order chi connectivity index (χ1) is 13.0. The fourth-order valence-electron chi connectivity index (χ4n) is 2.69. The molecule has 1 aliphatic rings. The predicted molar refractivity (Wildman–Crippen MR) is 107 cm³/mol. The first-order valence-corrected chi connectivity index (χ1v) is 9.24. The van der Waals surface area contributed by atoms with Crippen molar-refractivity contribution >= 4 is 46.4 Å². The molecule has 0 radical (unpaired) electrons. The third-order valence-electron chi connectivity index (χ3n) is 4.06. The number of rotatable bonds is 5.